The Kier molecular flexibility index (Phi) is 10.4. The number of hydrogen-bond donors (Lipinski definition) is 0. The van der Waals surface area contributed by atoms with Crippen molar-refractivity contribution < 1.29 is 32.4 Å². The van der Waals surface area contributed by atoms with Crippen molar-refractivity contribution in [3.05, 3.63) is 29.9 Å². The number of fused-ring (bicyclic) bond motifs is 1. The molecule has 1 aromatic rings. The molecule has 28 heavy (non-hydrogen) atoms. The minimum absolute atomic E-state index is 0. The Bertz CT molecular complexity index is 882. The molecule has 0 unspecified atom stereocenters. The first kappa shape index (κ1) is 24.7. The third-order valence-electron chi connectivity index (χ3n) is 3.79. The van der Waals surface area contributed by atoms with Gasteiger partial charge in [0.15, 0.2) is 0 Å². The molecule has 4 rings (SSSR count). The van der Waals surface area contributed by atoms with Gasteiger partial charge in [0.1, 0.15) is 14.1 Å². The molecule has 12 heteroatoms. The molecule has 0 bridgehead atoms. The Morgan fingerprint density at radius 2 is 1.96 bits per heavy atom. The maximum absolute atomic E-state index is 12.3. The molecule has 4 heterocycles. The molecule has 0 N–H and O–H groups in total. The topological polar surface area (TPSA) is 56.6 Å². The molecular weight excluding hydrogens is 659 g/mol. The number of thioether (sulfide) groups is 3. The van der Waals surface area contributed by atoms with Gasteiger partial charge in [-0.2, -0.15) is 5.26 Å². The van der Waals surface area contributed by atoms with Crippen LogP contribution in [0.25, 0.3) is 0 Å². The fourth-order valence-corrected chi connectivity index (χ4v) is 9.52. The summed E-state index contributed by atoms with van der Waals surface area (Å²) in [6, 6.07) is 1.75. The van der Waals surface area contributed by atoms with E-state index < -0.39 is 0 Å². The van der Waals surface area contributed by atoms with Crippen LogP contribution in [0, 0.1) is 11.3 Å². The van der Waals surface area contributed by atoms with Gasteiger partial charge >= 0.3 is 27.7 Å². The van der Waals surface area contributed by atoms with Crippen molar-refractivity contribution in [3.8, 4) is 6.07 Å². The molecule has 0 aliphatic carbocycles. The van der Waals surface area contributed by atoms with Crippen molar-refractivity contribution in [2.45, 2.75) is 18.1 Å². The van der Waals surface area contributed by atoms with Crippen LogP contribution < -0.4 is 9.64 Å². The van der Waals surface area contributed by atoms with Crippen molar-refractivity contribution in [1.82, 2.24) is 4.90 Å². The fraction of sp³-hybridized carbons (Fsp3) is 0.438. The molecule has 1 saturated heterocycles. The molecule has 3 aliphatic heterocycles. The molecule has 0 aromatic carbocycles. The summed E-state index contributed by atoms with van der Waals surface area (Å²) < 4.78 is 8.66. The van der Waals surface area contributed by atoms with Gasteiger partial charge in [-0.3, -0.25) is 4.79 Å². The Hall–Kier alpha value is 0.455. The van der Waals surface area contributed by atoms with Crippen molar-refractivity contribution in [2.24, 2.45) is 0 Å². The molecule has 1 fully saturated rings. The number of thiocarbonyl (C=S) groups is 1. The van der Waals surface area contributed by atoms with Crippen LogP contribution in [0.2, 0.25) is 0 Å². The predicted molar refractivity (Wildman–Crippen MR) is 124 cm³/mol. The summed E-state index contributed by atoms with van der Waals surface area (Å²) in [5, 5.41) is 10.8. The fourth-order valence-electron chi connectivity index (χ4n) is 2.66. The Morgan fingerprint density at radius 3 is 2.61 bits per heavy atom. The Balaban J connectivity index is 0.000000660. The number of hydrogen-bond acceptors (Lipinski definition) is 11. The van der Waals surface area contributed by atoms with Crippen LogP contribution in [-0.4, -0.2) is 41.9 Å². The predicted octanol–water partition coefficient (Wildman–Crippen LogP) is 4.74. The van der Waals surface area contributed by atoms with E-state index in [2.05, 4.69) is 22.1 Å². The van der Waals surface area contributed by atoms with E-state index in [1.54, 1.807) is 41.4 Å². The van der Waals surface area contributed by atoms with E-state index in [4.69, 9.17) is 22.2 Å². The van der Waals surface area contributed by atoms with Crippen LogP contribution in [0.1, 0.15) is 13.8 Å². The third kappa shape index (κ3) is 5.38. The normalized spacial score (nSPS) is 21.2. The number of anilines is 1. The van der Waals surface area contributed by atoms with Crippen molar-refractivity contribution in [2.75, 3.05) is 37.7 Å². The molecule has 0 atom stereocenters. The molecule has 0 amide bonds. The Labute approximate surface area is 210 Å². The number of morpholine rings is 1. The van der Waals surface area contributed by atoms with E-state index in [0.29, 0.717) is 0 Å². The zero-order chi connectivity index (χ0) is 19.4. The van der Waals surface area contributed by atoms with E-state index in [1.165, 1.54) is 36.9 Å². The summed E-state index contributed by atoms with van der Waals surface area (Å²) >= 11 is 10.7. The number of rotatable bonds is 2. The summed E-state index contributed by atoms with van der Waals surface area (Å²) in [6.07, 6.45) is 0. The summed E-state index contributed by atoms with van der Waals surface area (Å²) in [6.45, 7) is 7.68. The van der Waals surface area contributed by atoms with Gasteiger partial charge in [-0.05, 0) is 17.3 Å². The average Bonchev–Trinajstić information content (AvgIpc) is 3.29. The van der Waals surface area contributed by atoms with Crippen LogP contribution in [0.5, 0.6) is 0 Å². The van der Waals surface area contributed by atoms with Gasteiger partial charge in [-0.15, -0.1) is 0 Å². The molecule has 0 radical (unpaired) electrons. The van der Waals surface area contributed by atoms with Gasteiger partial charge in [0.25, 0.3) is 4.74 Å². The first-order valence-electron chi connectivity index (χ1n) is 8.16. The second-order valence-corrected chi connectivity index (χ2v) is 11.6. The summed E-state index contributed by atoms with van der Waals surface area (Å²) in [4.78, 5) is 16.7. The van der Waals surface area contributed by atoms with E-state index >= 15 is 0 Å². The zero-order valence-electron chi connectivity index (χ0n) is 15.4. The molecule has 144 valence electrons. The molecule has 5 nitrogen and oxygen atoms in total. The smallest absolute Gasteiger partial charge is 0.378 e. The van der Waals surface area contributed by atoms with Gasteiger partial charge in [0.05, 0.1) is 34.2 Å². The van der Waals surface area contributed by atoms with Gasteiger partial charge in [0.2, 0.25) is 0 Å². The van der Waals surface area contributed by atoms with Crippen LogP contribution >= 0.6 is 68.2 Å². The first-order valence-corrected chi connectivity index (χ1v) is 13.2. The standard InChI is InChI=1S/C14H14N2O2S6.C2H3N.Hg/c1-2-16-9-11(17)23-24-14(9)22-12(19)10(16)13-20-7-8(21-13)15-3-5-18-6-4-15;1-2-3;/h7H,2-6H2,1H3;1H3;/q;;+2/b13-10+;;. The van der Waals surface area contributed by atoms with Crippen LogP contribution in [-0.2, 0) is 32.4 Å². The van der Waals surface area contributed by atoms with Gasteiger partial charge in [0, 0.05) is 32.0 Å². The second-order valence-electron chi connectivity index (χ2n) is 5.36. The Morgan fingerprint density at radius 1 is 1.29 bits per heavy atom. The SMILES string of the molecule is CC#N.CCN1/C(=C2\SC=C(N3CCOCC3)S2)C(=S)Sc2ssc(=O)c21.[Hg+2]. The minimum atomic E-state index is 0. The maximum Gasteiger partial charge on any atom is 2.00 e. The van der Waals surface area contributed by atoms with Crippen molar-refractivity contribution in [3.63, 3.8) is 0 Å². The van der Waals surface area contributed by atoms with Crippen LogP contribution in [0.15, 0.2) is 29.4 Å². The van der Waals surface area contributed by atoms with E-state index in [9.17, 15) is 4.79 Å². The maximum atomic E-state index is 12.3. The summed E-state index contributed by atoms with van der Waals surface area (Å²) in [5.74, 6) is 0. The second kappa shape index (κ2) is 11.7. The van der Waals surface area contributed by atoms with E-state index in [1.807, 2.05) is 0 Å². The summed E-state index contributed by atoms with van der Waals surface area (Å²) in [7, 11) is 2.84. The molecular formula is C16H17HgN3O2S6+2. The monoisotopic (exact) mass is 677 g/mol. The average molecular weight is 676 g/mol. The molecule has 3 aliphatic rings. The van der Waals surface area contributed by atoms with Crippen LogP contribution in [0.4, 0.5) is 5.69 Å². The van der Waals surface area contributed by atoms with E-state index in [-0.39, 0.29) is 32.4 Å². The van der Waals surface area contributed by atoms with Gasteiger partial charge in [-0.25, -0.2) is 0 Å². The van der Waals surface area contributed by atoms with Gasteiger partial charge < -0.3 is 14.5 Å². The van der Waals surface area contributed by atoms with Gasteiger partial charge in [-0.1, -0.05) is 57.8 Å². The zero-order valence-corrected chi connectivity index (χ0v) is 25.8. The van der Waals surface area contributed by atoms with Crippen LogP contribution in [0.3, 0.4) is 0 Å². The molecule has 0 spiro atoms. The quantitative estimate of drug-likeness (QED) is 0.192. The largest absolute Gasteiger partial charge is 2.00 e. The minimum Gasteiger partial charge on any atom is -0.378 e. The van der Waals surface area contributed by atoms with E-state index in [0.717, 1.165) is 52.6 Å². The van der Waals surface area contributed by atoms with Crippen molar-refractivity contribution in [1.29, 1.82) is 5.26 Å². The van der Waals surface area contributed by atoms with Crippen molar-refractivity contribution >= 4 is 78.1 Å². The molecule has 0 saturated carbocycles. The number of nitrogens with zero attached hydrogens (tertiary/aromatic N) is 3. The summed E-state index contributed by atoms with van der Waals surface area (Å²) in [5.41, 5.74) is 1.84. The third-order valence-corrected chi connectivity index (χ3v) is 10.2. The first-order chi connectivity index (χ1) is 13.1. The number of nitriles is 1. The number of ether oxygens (including phenoxy) is 1. The molecule has 1 aromatic heterocycles.